The summed E-state index contributed by atoms with van der Waals surface area (Å²) < 4.78 is 12.2. The monoisotopic (exact) mass is 398 g/mol. The van der Waals surface area contributed by atoms with Gasteiger partial charge in [-0.15, -0.1) is 11.3 Å². The van der Waals surface area contributed by atoms with Gasteiger partial charge in [0.15, 0.2) is 0 Å². The molecule has 0 saturated carbocycles. The maximum atomic E-state index is 12.5. The second-order valence-corrected chi connectivity index (χ2v) is 7.01. The van der Waals surface area contributed by atoms with Crippen LogP contribution in [0.3, 0.4) is 0 Å². The first-order valence-corrected chi connectivity index (χ1v) is 9.61. The van der Waals surface area contributed by atoms with E-state index in [0.717, 1.165) is 5.56 Å². The smallest absolute Gasteiger partial charge is 0.271 e. The Bertz CT molecular complexity index is 1030. The van der Waals surface area contributed by atoms with Crippen LogP contribution < -0.4 is 15.6 Å². The van der Waals surface area contributed by atoms with E-state index in [9.17, 15) is 9.59 Å². The number of carbonyl (C=O) groups is 1. The van der Waals surface area contributed by atoms with Crippen molar-refractivity contribution in [2.45, 2.75) is 12.1 Å². The van der Waals surface area contributed by atoms with Crippen molar-refractivity contribution in [1.82, 2.24) is 20.1 Å². The topological polar surface area (TPSA) is 95.3 Å². The Balaban J connectivity index is 1.62. The van der Waals surface area contributed by atoms with E-state index in [1.165, 1.54) is 22.1 Å². The SMILES string of the molecule is COc1cccc(-c2ccc(=O)n(C3COCC3NC(=O)c3cscn3)n2)c1. The molecule has 3 aromatic rings. The fourth-order valence-electron chi connectivity index (χ4n) is 3.09. The van der Waals surface area contributed by atoms with Crippen LogP contribution in [0.15, 0.2) is 52.1 Å². The summed E-state index contributed by atoms with van der Waals surface area (Å²) in [5.41, 5.74) is 3.16. The minimum Gasteiger partial charge on any atom is -0.497 e. The molecular weight excluding hydrogens is 380 g/mol. The Hall–Kier alpha value is -3.04. The zero-order valence-electron chi connectivity index (χ0n) is 15.1. The molecule has 1 fully saturated rings. The number of nitrogens with one attached hydrogen (secondary N) is 1. The van der Waals surface area contributed by atoms with Crippen molar-refractivity contribution in [2.75, 3.05) is 20.3 Å². The lowest BCUT2D eigenvalue weighted by atomic mass is 10.1. The van der Waals surface area contributed by atoms with Crippen LogP contribution in [0.25, 0.3) is 11.3 Å². The van der Waals surface area contributed by atoms with E-state index in [4.69, 9.17) is 9.47 Å². The zero-order valence-corrected chi connectivity index (χ0v) is 15.9. The molecule has 2 aromatic heterocycles. The van der Waals surface area contributed by atoms with Gasteiger partial charge in [-0.1, -0.05) is 12.1 Å². The number of aromatic nitrogens is 3. The number of hydrogen-bond donors (Lipinski definition) is 1. The summed E-state index contributed by atoms with van der Waals surface area (Å²) in [7, 11) is 1.60. The molecule has 0 aliphatic carbocycles. The first kappa shape index (κ1) is 18.3. The normalized spacial score (nSPS) is 18.8. The fraction of sp³-hybridized carbons (Fsp3) is 0.263. The highest BCUT2D eigenvalue weighted by atomic mass is 32.1. The van der Waals surface area contributed by atoms with Crippen LogP contribution in [0.5, 0.6) is 5.75 Å². The Morgan fingerprint density at radius 1 is 1.32 bits per heavy atom. The number of amides is 1. The summed E-state index contributed by atoms with van der Waals surface area (Å²) >= 11 is 1.35. The second kappa shape index (κ2) is 7.91. The molecule has 9 heteroatoms. The highest BCUT2D eigenvalue weighted by Gasteiger charge is 2.33. The van der Waals surface area contributed by atoms with Gasteiger partial charge < -0.3 is 14.8 Å². The molecule has 1 amide bonds. The van der Waals surface area contributed by atoms with Crippen LogP contribution in [0.2, 0.25) is 0 Å². The maximum Gasteiger partial charge on any atom is 0.271 e. The van der Waals surface area contributed by atoms with E-state index < -0.39 is 6.04 Å². The summed E-state index contributed by atoms with van der Waals surface area (Å²) in [4.78, 5) is 28.8. The molecule has 2 atom stereocenters. The van der Waals surface area contributed by atoms with Crippen molar-refractivity contribution >= 4 is 17.2 Å². The van der Waals surface area contributed by atoms with Gasteiger partial charge in [-0.05, 0) is 18.2 Å². The maximum absolute atomic E-state index is 12.5. The molecule has 1 N–H and O–H groups in total. The lowest BCUT2D eigenvalue weighted by Gasteiger charge is -2.20. The summed E-state index contributed by atoms with van der Waals surface area (Å²) in [6.07, 6.45) is 0. The van der Waals surface area contributed by atoms with Crippen molar-refractivity contribution in [3.05, 3.63) is 63.3 Å². The molecule has 0 bridgehead atoms. The number of ether oxygens (including phenoxy) is 2. The van der Waals surface area contributed by atoms with Crippen LogP contribution in [0, 0.1) is 0 Å². The molecule has 1 aromatic carbocycles. The highest BCUT2D eigenvalue weighted by Crippen LogP contribution is 2.23. The zero-order chi connectivity index (χ0) is 19.5. The number of carbonyl (C=O) groups excluding carboxylic acids is 1. The third-order valence-electron chi connectivity index (χ3n) is 4.54. The Kier molecular flexibility index (Phi) is 5.18. The Morgan fingerprint density at radius 3 is 3.00 bits per heavy atom. The van der Waals surface area contributed by atoms with Gasteiger partial charge in [0.05, 0.1) is 37.6 Å². The quantitative estimate of drug-likeness (QED) is 0.704. The van der Waals surface area contributed by atoms with Crippen LogP contribution in [0.1, 0.15) is 16.5 Å². The Morgan fingerprint density at radius 2 is 2.21 bits per heavy atom. The van der Waals surface area contributed by atoms with Crippen molar-refractivity contribution in [3.63, 3.8) is 0 Å². The third-order valence-corrected chi connectivity index (χ3v) is 5.12. The molecule has 1 aliphatic rings. The van der Waals surface area contributed by atoms with Gasteiger partial charge >= 0.3 is 0 Å². The lowest BCUT2D eigenvalue weighted by Crippen LogP contribution is -2.44. The van der Waals surface area contributed by atoms with E-state index in [1.54, 1.807) is 24.1 Å². The molecule has 1 aliphatic heterocycles. The summed E-state index contributed by atoms with van der Waals surface area (Å²) in [5, 5.41) is 9.09. The molecule has 0 radical (unpaired) electrons. The molecule has 144 valence electrons. The van der Waals surface area contributed by atoms with E-state index in [-0.39, 0.29) is 24.1 Å². The van der Waals surface area contributed by atoms with E-state index in [2.05, 4.69) is 15.4 Å². The molecular formula is C19H18N4O4S. The third kappa shape index (κ3) is 3.67. The van der Waals surface area contributed by atoms with Gasteiger partial charge in [0.1, 0.15) is 17.5 Å². The van der Waals surface area contributed by atoms with Gasteiger partial charge in [0, 0.05) is 17.0 Å². The summed E-state index contributed by atoms with van der Waals surface area (Å²) in [6, 6.07) is 9.82. The lowest BCUT2D eigenvalue weighted by molar-refractivity contribution is 0.0920. The number of hydrogen-bond acceptors (Lipinski definition) is 7. The van der Waals surface area contributed by atoms with Gasteiger partial charge in [-0.25, -0.2) is 9.67 Å². The van der Waals surface area contributed by atoms with Crippen molar-refractivity contribution < 1.29 is 14.3 Å². The molecule has 4 rings (SSSR count). The number of nitrogens with zero attached hydrogens (tertiary/aromatic N) is 3. The molecule has 2 unspecified atom stereocenters. The predicted molar refractivity (Wildman–Crippen MR) is 104 cm³/mol. The first-order valence-electron chi connectivity index (χ1n) is 8.67. The van der Waals surface area contributed by atoms with E-state index in [0.29, 0.717) is 23.7 Å². The van der Waals surface area contributed by atoms with Crippen LogP contribution in [-0.4, -0.2) is 47.0 Å². The second-order valence-electron chi connectivity index (χ2n) is 6.29. The fourth-order valence-corrected chi connectivity index (χ4v) is 3.62. The van der Waals surface area contributed by atoms with Crippen LogP contribution in [-0.2, 0) is 4.74 Å². The van der Waals surface area contributed by atoms with Gasteiger partial charge in [-0.3, -0.25) is 9.59 Å². The number of benzene rings is 1. The number of rotatable bonds is 5. The molecule has 28 heavy (non-hydrogen) atoms. The average Bonchev–Trinajstić information content (AvgIpc) is 3.40. The van der Waals surface area contributed by atoms with Crippen molar-refractivity contribution in [2.24, 2.45) is 0 Å². The van der Waals surface area contributed by atoms with Crippen LogP contribution >= 0.6 is 11.3 Å². The van der Waals surface area contributed by atoms with E-state index in [1.807, 2.05) is 24.3 Å². The molecule has 8 nitrogen and oxygen atoms in total. The minimum absolute atomic E-state index is 0.255. The Labute approximate surface area is 164 Å². The highest BCUT2D eigenvalue weighted by molar-refractivity contribution is 7.07. The standard InChI is InChI=1S/C19H18N4O4S/c1-26-13-4-2-3-12(7-13)14-5-6-18(24)23(22-14)17-9-27-8-15(17)21-19(25)16-10-28-11-20-16/h2-7,10-11,15,17H,8-9H2,1H3,(H,21,25). The number of methoxy groups -OCH3 is 1. The minimum atomic E-state index is -0.402. The average molecular weight is 398 g/mol. The summed E-state index contributed by atoms with van der Waals surface area (Å²) in [6.45, 7) is 0.592. The van der Waals surface area contributed by atoms with E-state index >= 15 is 0 Å². The largest absolute Gasteiger partial charge is 0.497 e. The van der Waals surface area contributed by atoms with Gasteiger partial charge in [0.2, 0.25) is 0 Å². The molecule has 3 heterocycles. The molecule has 1 saturated heterocycles. The van der Waals surface area contributed by atoms with Gasteiger partial charge in [-0.2, -0.15) is 5.10 Å². The van der Waals surface area contributed by atoms with Crippen molar-refractivity contribution in [3.8, 4) is 17.0 Å². The first-order chi connectivity index (χ1) is 13.7. The van der Waals surface area contributed by atoms with Crippen LogP contribution in [0.4, 0.5) is 0 Å². The number of thiazole rings is 1. The predicted octanol–water partition coefficient (Wildman–Crippen LogP) is 1.75. The van der Waals surface area contributed by atoms with Gasteiger partial charge in [0.25, 0.3) is 11.5 Å². The molecule has 0 spiro atoms. The summed E-state index contributed by atoms with van der Waals surface area (Å²) in [5.74, 6) is 0.411. The van der Waals surface area contributed by atoms with Crippen molar-refractivity contribution in [1.29, 1.82) is 0 Å².